The molecule has 97 heavy (non-hydrogen) atoms. The van der Waals surface area contributed by atoms with E-state index < -0.39 is 167 Å². The average molecular weight is 1380 g/mol. The molecule has 0 saturated carbocycles. The number of aliphatic hydroxyl groups excluding tert-OH is 1. The second-order valence-electron chi connectivity index (χ2n) is 29.0. The van der Waals surface area contributed by atoms with Crippen LogP contribution in [0.2, 0.25) is 0 Å². The van der Waals surface area contributed by atoms with E-state index in [-0.39, 0.29) is 73.9 Å². The minimum Gasteiger partial charge on any atom is -0.451 e. The average Bonchev–Trinajstić information content (AvgIpc) is 0.810. The molecule has 1 aromatic carbocycles. The summed E-state index contributed by atoms with van der Waals surface area (Å²) in [6.45, 7) is 30.7. The molecular formula is C71H118N10O15S. The first kappa shape index (κ1) is 85.9. The van der Waals surface area contributed by atoms with E-state index in [4.69, 9.17) is 26.4 Å². The van der Waals surface area contributed by atoms with Gasteiger partial charge in [0.2, 0.25) is 53.2 Å². The molecule has 25 nitrogen and oxygen atoms in total. The second-order valence-corrected chi connectivity index (χ2v) is 29.4. The van der Waals surface area contributed by atoms with E-state index in [1.807, 2.05) is 69.2 Å². The molecule has 1 saturated heterocycles. The maximum absolute atomic E-state index is 15.4. The molecule has 2 rings (SSSR count). The van der Waals surface area contributed by atoms with Gasteiger partial charge in [-0.15, -0.1) is 0 Å². The molecule has 13 atom stereocenters. The largest absolute Gasteiger partial charge is 0.451 e. The van der Waals surface area contributed by atoms with Gasteiger partial charge in [0.05, 0.1) is 12.6 Å². The lowest BCUT2D eigenvalue weighted by Gasteiger charge is -2.40. The van der Waals surface area contributed by atoms with Crippen LogP contribution < -0.4 is 26.0 Å². The molecule has 0 radical (unpaired) electrons. The highest BCUT2D eigenvalue weighted by molar-refractivity contribution is 7.79. The van der Waals surface area contributed by atoms with Crippen molar-refractivity contribution >= 4 is 82.5 Å². The summed E-state index contributed by atoms with van der Waals surface area (Å²) < 4.78 is 17.7. The van der Waals surface area contributed by atoms with E-state index in [1.54, 1.807) is 84.0 Å². The fourth-order valence-corrected chi connectivity index (χ4v) is 11.9. The summed E-state index contributed by atoms with van der Waals surface area (Å²) in [6.07, 6.45) is -0.269. The van der Waals surface area contributed by atoms with Crippen molar-refractivity contribution in [2.75, 3.05) is 48.8 Å². The summed E-state index contributed by atoms with van der Waals surface area (Å²) in [6, 6.07) is -4.05. The first-order valence-electron chi connectivity index (χ1n) is 34.2. The third-order valence-electron chi connectivity index (χ3n) is 17.3. The molecule has 0 aliphatic carbocycles. The third kappa shape index (κ3) is 25.9. The number of rotatable bonds is 19. The highest BCUT2D eigenvalue weighted by Gasteiger charge is 2.46. The predicted octanol–water partition coefficient (Wildman–Crippen LogP) is 5.74. The van der Waals surface area contributed by atoms with Gasteiger partial charge in [-0.1, -0.05) is 134 Å². The van der Waals surface area contributed by atoms with Crippen LogP contribution in [0.5, 0.6) is 5.75 Å². The molecule has 10 amide bonds. The second kappa shape index (κ2) is 40.0. The monoisotopic (exact) mass is 1380 g/mol. The molecule has 1 aliphatic rings. The van der Waals surface area contributed by atoms with Crippen LogP contribution in [0.25, 0.3) is 0 Å². The van der Waals surface area contributed by atoms with Gasteiger partial charge in [-0.05, 0) is 119 Å². The first-order chi connectivity index (χ1) is 45.0. The van der Waals surface area contributed by atoms with Crippen LogP contribution in [-0.4, -0.2) is 226 Å². The number of ether oxygens (including phenoxy) is 3. The lowest BCUT2D eigenvalue weighted by atomic mass is 9.91. The van der Waals surface area contributed by atoms with Crippen molar-refractivity contribution in [3.63, 3.8) is 0 Å². The first-order valence-corrected chi connectivity index (χ1v) is 34.6. The van der Waals surface area contributed by atoms with Gasteiger partial charge < -0.3 is 70.0 Å². The molecule has 1 aromatic rings. The van der Waals surface area contributed by atoms with Gasteiger partial charge in [0.15, 0.2) is 6.10 Å². The Morgan fingerprint density at radius 2 is 0.979 bits per heavy atom. The van der Waals surface area contributed by atoms with Gasteiger partial charge in [0.1, 0.15) is 66.2 Å². The number of hydrogen-bond acceptors (Lipinski definition) is 16. The Kier molecular flexibility index (Phi) is 35.4. The number of carbonyl (C=O) groups excluding carboxylic acids is 11. The maximum atomic E-state index is 15.4. The molecule has 0 aromatic heterocycles. The maximum Gasteiger partial charge on any atom is 0.358 e. The van der Waals surface area contributed by atoms with Crippen LogP contribution in [0.15, 0.2) is 42.5 Å². The number of amides is 10. The zero-order valence-corrected chi connectivity index (χ0v) is 63.1. The standard InChI is InChI=1S/C71H118N10O15S/c1-25-26-30-46(16)59(83)58-64(87)75-56(48(18)94-71(97)95-49-31-28-27-29-32-49)67(90)76(19)38-55(82)77(20)52(35-41(6)7)62(85)73-50(33-39(2)3)65(88)78(21)53(36-42(8)9)61(84)72-47(17)70(93)96-60(45(14)15)69(92)79(22)54(37-43(10)11)63(86)74-51(34-40(4)5)66(89)80(23)57(44(12)13)68(91)81(58)24/h25-29,31-32,39-48,50-54,56-60,83H,30,33-38H2,1-24H3,(H,72,84)(H,73,85)(H,74,86)(H,75,87)/b26-25+/t46-,47-,48?,50-,51-,52+,53-,54-,56-,57-,58-,59-,60+/m1/s1. The molecule has 1 unspecified atom stereocenters. The molecule has 26 heteroatoms. The molecule has 0 spiro atoms. The van der Waals surface area contributed by atoms with E-state index in [1.165, 1.54) is 75.7 Å². The molecule has 5 N–H and O–H groups in total. The number of esters is 1. The minimum absolute atomic E-state index is 0.0672. The number of cyclic esters (lactones) is 1. The molecule has 1 aliphatic heterocycles. The summed E-state index contributed by atoms with van der Waals surface area (Å²) >= 11 is 5.50. The number of likely N-dealkylation sites (N-methyl/N-ethyl adjacent to an activating group) is 6. The molecule has 1 heterocycles. The zero-order valence-electron chi connectivity index (χ0n) is 62.3. The van der Waals surface area contributed by atoms with Crippen molar-refractivity contribution in [1.29, 1.82) is 0 Å². The number of nitrogens with zero attached hydrogens (tertiary/aromatic N) is 6. The highest BCUT2D eigenvalue weighted by Crippen LogP contribution is 2.26. The van der Waals surface area contributed by atoms with Gasteiger partial charge in [0, 0.05) is 54.5 Å². The molecule has 0 bridgehead atoms. The number of allylic oxidation sites excluding steroid dienone is 2. The van der Waals surface area contributed by atoms with Crippen LogP contribution in [0, 0.1) is 47.3 Å². The summed E-state index contributed by atoms with van der Waals surface area (Å²) in [7, 11) is 8.18. The predicted molar refractivity (Wildman–Crippen MR) is 375 cm³/mol. The van der Waals surface area contributed by atoms with Gasteiger partial charge >= 0.3 is 11.2 Å². The van der Waals surface area contributed by atoms with Crippen LogP contribution in [0.1, 0.15) is 163 Å². The smallest absolute Gasteiger partial charge is 0.358 e. The van der Waals surface area contributed by atoms with Crippen LogP contribution in [-0.2, 0) is 62.2 Å². The zero-order chi connectivity index (χ0) is 74.4. The summed E-state index contributed by atoms with van der Waals surface area (Å²) in [5.74, 6) is -11.5. The van der Waals surface area contributed by atoms with Crippen molar-refractivity contribution in [2.24, 2.45) is 47.3 Å². The lowest BCUT2D eigenvalue weighted by molar-refractivity contribution is -0.166. The van der Waals surface area contributed by atoms with E-state index in [9.17, 15) is 38.7 Å². The van der Waals surface area contributed by atoms with E-state index in [2.05, 4.69) is 21.3 Å². The number of thiocarbonyl (C=S) groups is 1. The fraction of sp³-hybridized carbons (Fsp3) is 0.718. The van der Waals surface area contributed by atoms with Crippen molar-refractivity contribution in [2.45, 2.75) is 236 Å². The van der Waals surface area contributed by atoms with Crippen LogP contribution in [0.3, 0.4) is 0 Å². The summed E-state index contributed by atoms with van der Waals surface area (Å²) in [4.78, 5) is 171. The van der Waals surface area contributed by atoms with Gasteiger partial charge in [-0.3, -0.25) is 47.9 Å². The number of benzene rings is 1. The summed E-state index contributed by atoms with van der Waals surface area (Å²) in [5.41, 5.74) is 0. The van der Waals surface area contributed by atoms with Crippen molar-refractivity contribution < 1.29 is 72.1 Å². The van der Waals surface area contributed by atoms with Gasteiger partial charge in [0.25, 0.3) is 5.91 Å². The van der Waals surface area contributed by atoms with Gasteiger partial charge in [-0.25, -0.2) is 4.79 Å². The minimum atomic E-state index is -1.78. The Morgan fingerprint density at radius 3 is 1.42 bits per heavy atom. The van der Waals surface area contributed by atoms with Crippen molar-refractivity contribution in [3.05, 3.63) is 42.5 Å². The normalized spacial score (nSPS) is 25.2. The van der Waals surface area contributed by atoms with E-state index in [0.29, 0.717) is 0 Å². The molecular weight excluding hydrogens is 1260 g/mol. The van der Waals surface area contributed by atoms with Crippen molar-refractivity contribution in [1.82, 2.24) is 50.7 Å². The Balaban J connectivity index is 3.14. The van der Waals surface area contributed by atoms with Crippen LogP contribution >= 0.6 is 12.2 Å². The van der Waals surface area contributed by atoms with E-state index in [0.717, 1.165) is 9.80 Å². The molecule has 1 fully saturated rings. The third-order valence-corrected chi connectivity index (χ3v) is 17.5. The fourth-order valence-electron chi connectivity index (χ4n) is 11.6. The van der Waals surface area contributed by atoms with Crippen molar-refractivity contribution in [3.8, 4) is 5.75 Å². The topological polar surface area (TPSA) is 303 Å². The highest BCUT2D eigenvalue weighted by atomic mass is 32.1. The number of aliphatic hydroxyl groups is 1. The number of nitrogens with one attached hydrogen (secondary N) is 4. The Bertz CT molecular complexity index is 2850. The number of carbonyl (C=O) groups is 11. The Labute approximate surface area is 582 Å². The SMILES string of the molecule is C/C=C/C[C@@H](C)[C@@H](O)[C@@H]1C(=O)N[C@H](C(C)OC(=S)Oc2ccccc2)C(=O)N(C)CC(=O)N(C)[C@@H](CC(C)C)C(=O)N[C@H](CC(C)C)C(=O)N(C)[C@H](CC(C)C)C(=O)N[C@H](C)C(=O)O[C@@H](C(C)C)C(=O)N(C)[C@H](CC(C)C)C(=O)N[C@H](CC(C)C)C(=O)N(C)[C@H](C(C)C)C(=O)N1C. The van der Waals surface area contributed by atoms with E-state index >= 15 is 19.2 Å². The molecule has 548 valence electrons. The Hall–Kier alpha value is -7.22. The number of para-hydroxylation sites is 1. The van der Waals surface area contributed by atoms with Gasteiger partial charge in [-0.2, -0.15) is 0 Å². The number of hydrogen-bond donors (Lipinski definition) is 5. The lowest BCUT2D eigenvalue weighted by Crippen LogP contribution is -2.64. The van der Waals surface area contributed by atoms with Crippen LogP contribution in [0.4, 0.5) is 0 Å². The summed E-state index contributed by atoms with van der Waals surface area (Å²) in [5, 5.41) is 23.1. The Morgan fingerprint density at radius 1 is 0.546 bits per heavy atom. The quantitative estimate of drug-likeness (QED) is 0.0627.